The number of aromatic nitrogens is 1. The molecule has 0 saturated carbocycles. The Kier molecular flexibility index (Phi) is 4.49. The molecule has 0 spiro atoms. The first-order valence-electron chi connectivity index (χ1n) is 5.24. The van der Waals surface area contributed by atoms with E-state index in [4.69, 9.17) is 27.9 Å². The van der Waals surface area contributed by atoms with Gasteiger partial charge in [0, 0.05) is 22.7 Å². The minimum absolute atomic E-state index is 0.443. The second kappa shape index (κ2) is 5.91. The Morgan fingerprint density at radius 1 is 1.33 bits per heavy atom. The highest BCUT2D eigenvalue weighted by Crippen LogP contribution is 2.32. The third kappa shape index (κ3) is 3.16. The van der Waals surface area contributed by atoms with Crippen LogP contribution in [0.3, 0.4) is 0 Å². The molecule has 0 fully saturated rings. The maximum absolute atomic E-state index is 5.87. The Morgan fingerprint density at radius 3 is 2.72 bits per heavy atom. The molecule has 0 bridgehead atoms. The van der Waals surface area contributed by atoms with E-state index in [0.29, 0.717) is 22.5 Å². The van der Waals surface area contributed by atoms with Crippen LogP contribution in [-0.2, 0) is 5.88 Å². The molecule has 0 unspecified atom stereocenters. The number of alkyl halides is 1. The van der Waals surface area contributed by atoms with Crippen LogP contribution in [0, 0.1) is 6.92 Å². The van der Waals surface area contributed by atoms with Crippen LogP contribution in [-0.4, -0.2) is 4.98 Å². The number of hydrogen-bond acceptors (Lipinski definition) is 2. The molecule has 0 atom stereocenters. The van der Waals surface area contributed by atoms with Crippen molar-refractivity contribution in [3.05, 3.63) is 51.1 Å². The van der Waals surface area contributed by atoms with E-state index in [2.05, 4.69) is 20.9 Å². The number of nitrogens with zero attached hydrogens (tertiary/aromatic N) is 1. The number of hydrogen-bond donors (Lipinski definition) is 0. The van der Waals surface area contributed by atoms with Gasteiger partial charge in [-0.25, -0.2) is 4.98 Å². The van der Waals surface area contributed by atoms with Crippen molar-refractivity contribution >= 4 is 39.1 Å². The van der Waals surface area contributed by atoms with E-state index in [0.717, 1.165) is 15.6 Å². The summed E-state index contributed by atoms with van der Waals surface area (Å²) >= 11 is 15.0. The lowest BCUT2D eigenvalue weighted by Crippen LogP contribution is -1.93. The lowest BCUT2D eigenvalue weighted by molar-refractivity contribution is 0.456. The molecule has 0 aliphatic carbocycles. The highest BCUT2D eigenvalue weighted by molar-refractivity contribution is 9.10. The molecule has 0 radical (unpaired) electrons. The second-order valence-electron chi connectivity index (χ2n) is 3.78. The van der Waals surface area contributed by atoms with Crippen molar-refractivity contribution in [3.63, 3.8) is 0 Å². The summed E-state index contributed by atoms with van der Waals surface area (Å²) in [6, 6.07) is 7.30. The zero-order valence-corrected chi connectivity index (χ0v) is 12.7. The number of rotatable bonds is 3. The fourth-order valence-corrected chi connectivity index (χ4v) is 2.37. The minimum atomic E-state index is 0.443. The Bertz CT molecular complexity index is 575. The standard InChI is InChI=1S/C13H10BrCl2NO/c1-8-4-9(6-15)7-17-13(8)18-12-3-2-10(16)5-11(12)14/h2-5,7H,6H2,1H3. The first-order valence-corrected chi connectivity index (χ1v) is 6.95. The van der Waals surface area contributed by atoms with Gasteiger partial charge in [-0.2, -0.15) is 0 Å². The number of halogens is 3. The van der Waals surface area contributed by atoms with Crippen LogP contribution in [0.2, 0.25) is 5.02 Å². The molecule has 0 amide bonds. The van der Waals surface area contributed by atoms with Gasteiger partial charge in [0.25, 0.3) is 0 Å². The molecule has 0 N–H and O–H groups in total. The summed E-state index contributed by atoms with van der Waals surface area (Å²) in [6.07, 6.45) is 1.71. The smallest absolute Gasteiger partial charge is 0.222 e. The quantitative estimate of drug-likeness (QED) is 0.700. The minimum Gasteiger partial charge on any atom is -0.438 e. The third-order valence-corrected chi connectivity index (χ3v) is 3.51. The first-order chi connectivity index (χ1) is 8.60. The average Bonchev–Trinajstić information content (AvgIpc) is 2.34. The van der Waals surface area contributed by atoms with E-state index in [1.165, 1.54) is 0 Å². The molecule has 2 rings (SSSR count). The Hall–Kier alpha value is -0.770. The van der Waals surface area contributed by atoms with Crippen molar-refractivity contribution in [1.29, 1.82) is 0 Å². The zero-order valence-electron chi connectivity index (χ0n) is 9.58. The van der Waals surface area contributed by atoms with Crippen molar-refractivity contribution in [2.75, 3.05) is 0 Å². The fourth-order valence-electron chi connectivity index (χ4n) is 1.46. The SMILES string of the molecule is Cc1cc(CCl)cnc1Oc1ccc(Cl)cc1Br. The second-order valence-corrected chi connectivity index (χ2v) is 5.33. The van der Waals surface area contributed by atoms with Gasteiger partial charge >= 0.3 is 0 Å². The highest BCUT2D eigenvalue weighted by Gasteiger charge is 2.07. The first kappa shape index (κ1) is 13.7. The van der Waals surface area contributed by atoms with Gasteiger partial charge in [0.2, 0.25) is 5.88 Å². The van der Waals surface area contributed by atoms with E-state index >= 15 is 0 Å². The van der Waals surface area contributed by atoms with Gasteiger partial charge in [-0.15, -0.1) is 11.6 Å². The van der Waals surface area contributed by atoms with Gasteiger partial charge in [-0.3, -0.25) is 0 Å². The molecule has 0 saturated heterocycles. The summed E-state index contributed by atoms with van der Waals surface area (Å²) in [5.41, 5.74) is 1.91. The van der Waals surface area contributed by atoms with Gasteiger partial charge in [-0.05, 0) is 52.7 Å². The predicted octanol–water partition coefficient (Wildman–Crippen LogP) is 5.34. The summed E-state index contributed by atoms with van der Waals surface area (Å²) in [5, 5.41) is 0.649. The van der Waals surface area contributed by atoms with Crippen LogP contribution in [0.15, 0.2) is 34.9 Å². The van der Waals surface area contributed by atoms with Gasteiger partial charge in [0.1, 0.15) is 5.75 Å². The van der Waals surface area contributed by atoms with Crippen molar-refractivity contribution in [3.8, 4) is 11.6 Å². The van der Waals surface area contributed by atoms with E-state index in [1.807, 2.05) is 13.0 Å². The molecule has 94 valence electrons. The lowest BCUT2D eigenvalue weighted by atomic mass is 10.2. The number of pyridine rings is 1. The van der Waals surface area contributed by atoms with Gasteiger partial charge in [-0.1, -0.05) is 11.6 Å². The Balaban J connectivity index is 2.28. The fraction of sp³-hybridized carbons (Fsp3) is 0.154. The molecule has 1 aromatic heterocycles. The average molecular weight is 347 g/mol. The van der Waals surface area contributed by atoms with Crippen molar-refractivity contribution in [2.24, 2.45) is 0 Å². The van der Waals surface area contributed by atoms with Crippen LogP contribution in [0.5, 0.6) is 11.6 Å². The molecule has 18 heavy (non-hydrogen) atoms. The molecule has 5 heteroatoms. The number of aryl methyl sites for hydroxylation is 1. The van der Waals surface area contributed by atoms with Crippen LogP contribution in [0.4, 0.5) is 0 Å². The molecule has 0 aliphatic heterocycles. The van der Waals surface area contributed by atoms with E-state index in [9.17, 15) is 0 Å². The topological polar surface area (TPSA) is 22.1 Å². The normalized spacial score (nSPS) is 10.4. The van der Waals surface area contributed by atoms with Crippen LogP contribution < -0.4 is 4.74 Å². The molecule has 1 aromatic carbocycles. The van der Waals surface area contributed by atoms with E-state index < -0.39 is 0 Å². The summed E-state index contributed by atoms with van der Waals surface area (Å²) in [5.74, 6) is 1.68. The Morgan fingerprint density at radius 2 is 2.11 bits per heavy atom. The predicted molar refractivity (Wildman–Crippen MR) is 77.8 cm³/mol. The maximum Gasteiger partial charge on any atom is 0.222 e. The molecular weight excluding hydrogens is 337 g/mol. The molecule has 0 aliphatic rings. The van der Waals surface area contributed by atoms with E-state index in [-0.39, 0.29) is 0 Å². The lowest BCUT2D eigenvalue weighted by Gasteiger charge is -2.10. The summed E-state index contributed by atoms with van der Waals surface area (Å²) in [4.78, 5) is 4.25. The van der Waals surface area contributed by atoms with Crippen molar-refractivity contribution < 1.29 is 4.74 Å². The van der Waals surface area contributed by atoms with Crippen LogP contribution in [0.1, 0.15) is 11.1 Å². The van der Waals surface area contributed by atoms with Gasteiger partial charge < -0.3 is 4.74 Å². The molecule has 1 heterocycles. The third-order valence-electron chi connectivity index (χ3n) is 2.34. The summed E-state index contributed by atoms with van der Waals surface area (Å²) in [6.45, 7) is 1.93. The number of benzene rings is 1. The monoisotopic (exact) mass is 345 g/mol. The highest BCUT2D eigenvalue weighted by atomic mass is 79.9. The van der Waals surface area contributed by atoms with Crippen molar-refractivity contribution in [2.45, 2.75) is 12.8 Å². The Labute approximate surface area is 124 Å². The number of ether oxygens (including phenoxy) is 1. The molecule has 2 nitrogen and oxygen atoms in total. The maximum atomic E-state index is 5.87. The molecular formula is C13H10BrCl2NO. The summed E-state index contributed by atoms with van der Waals surface area (Å²) < 4.78 is 6.52. The van der Waals surface area contributed by atoms with Gasteiger partial charge in [0.15, 0.2) is 0 Å². The molecule has 2 aromatic rings. The van der Waals surface area contributed by atoms with Crippen LogP contribution >= 0.6 is 39.1 Å². The van der Waals surface area contributed by atoms with E-state index in [1.54, 1.807) is 24.4 Å². The largest absolute Gasteiger partial charge is 0.438 e. The van der Waals surface area contributed by atoms with Crippen molar-refractivity contribution in [1.82, 2.24) is 4.98 Å². The summed E-state index contributed by atoms with van der Waals surface area (Å²) in [7, 11) is 0. The van der Waals surface area contributed by atoms with Gasteiger partial charge in [0.05, 0.1) is 4.47 Å². The van der Waals surface area contributed by atoms with Crippen LogP contribution in [0.25, 0.3) is 0 Å². The zero-order chi connectivity index (χ0) is 13.1.